The molecule has 1 aliphatic carbocycles. The van der Waals surface area contributed by atoms with Crippen LogP contribution in [0.1, 0.15) is 59.8 Å². The first kappa shape index (κ1) is 17.5. The van der Waals surface area contributed by atoms with Gasteiger partial charge in [-0.25, -0.2) is 4.98 Å². The number of amides is 1. The fraction of sp³-hybridized carbons (Fsp3) is 0.381. The number of aromatic nitrogens is 3. The number of carbonyl (C=O) groups is 1. The Hall–Kier alpha value is -2.89. The maximum atomic E-state index is 13.1. The average Bonchev–Trinajstić information content (AvgIpc) is 3.49. The molecule has 1 aromatic carbocycles. The number of methoxy groups -OCH3 is 1. The second-order valence-corrected chi connectivity index (χ2v) is 7.08. The van der Waals surface area contributed by atoms with E-state index < -0.39 is 0 Å². The van der Waals surface area contributed by atoms with Crippen molar-refractivity contribution in [1.82, 2.24) is 20.1 Å². The number of carbonyl (C=O) groups excluding carboxylic acids is 1. The first-order chi connectivity index (χ1) is 13.1. The third-order valence-electron chi connectivity index (χ3n) is 5.20. The Morgan fingerprint density at radius 1 is 1.33 bits per heavy atom. The number of hydrogen-bond donors (Lipinski definition) is 1. The maximum Gasteiger partial charge on any atom is 0.252 e. The molecule has 4 rings (SSSR count). The predicted molar refractivity (Wildman–Crippen MR) is 104 cm³/mol. The molecule has 140 valence electrons. The van der Waals surface area contributed by atoms with Gasteiger partial charge in [-0.1, -0.05) is 19.1 Å². The van der Waals surface area contributed by atoms with Crippen molar-refractivity contribution in [2.45, 2.75) is 38.1 Å². The van der Waals surface area contributed by atoms with Gasteiger partial charge in [0.2, 0.25) is 0 Å². The van der Waals surface area contributed by atoms with Gasteiger partial charge in [0.05, 0.1) is 30.3 Å². The first-order valence-corrected chi connectivity index (χ1v) is 9.38. The molecule has 1 fully saturated rings. The van der Waals surface area contributed by atoms with Crippen molar-refractivity contribution in [2.24, 2.45) is 7.05 Å². The number of benzene rings is 1. The average molecular weight is 364 g/mol. The molecule has 1 amide bonds. The standard InChI is InChI=1S/C21H24N4O2/c1-4-18(13-7-9-15(27-3)10-8-13)24-21(26)16-11-19(14-5-6-14)23-20-17(16)12-22-25(20)2/h7-12,14,18H,4-6H2,1-3H3,(H,24,26)/t18-/m0/s1. The SMILES string of the molecule is CC[C@H](NC(=O)c1cc(C2CC2)nc2c1cnn2C)c1ccc(OC)cc1. The summed E-state index contributed by atoms with van der Waals surface area (Å²) in [6.45, 7) is 2.07. The molecule has 2 aromatic heterocycles. The molecule has 0 bridgehead atoms. The highest BCUT2D eigenvalue weighted by molar-refractivity contribution is 6.05. The number of fused-ring (bicyclic) bond motifs is 1. The van der Waals surface area contributed by atoms with E-state index in [1.165, 1.54) is 0 Å². The maximum absolute atomic E-state index is 13.1. The number of nitrogens with zero attached hydrogens (tertiary/aromatic N) is 3. The molecule has 0 spiro atoms. The second-order valence-electron chi connectivity index (χ2n) is 7.08. The minimum Gasteiger partial charge on any atom is -0.497 e. The van der Waals surface area contributed by atoms with E-state index in [0.717, 1.165) is 47.3 Å². The molecule has 0 radical (unpaired) electrons. The Kier molecular flexibility index (Phi) is 4.56. The number of rotatable bonds is 6. The van der Waals surface area contributed by atoms with Gasteiger partial charge in [0.15, 0.2) is 5.65 Å². The Bertz CT molecular complexity index is 974. The van der Waals surface area contributed by atoms with E-state index in [4.69, 9.17) is 9.72 Å². The predicted octanol–water partition coefficient (Wildman–Crippen LogP) is 3.74. The topological polar surface area (TPSA) is 69.0 Å². The van der Waals surface area contributed by atoms with Gasteiger partial charge in [-0.15, -0.1) is 0 Å². The van der Waals surface area contributed by atoms with Gasteiger partial charge in [-0.05, 0) is 43.0 Å². The van der Waals surface area contributed by atoms with E-state index >= 15 is 0 Å². The van der Waals surface area contributed by atoms with Crippen molar-refractivity contribution >= 4 is 16.9 Å². The molecular formula is C21H24N4O2. The Labute approximate surface area is 158 Å². The van der Waals surface area contributed by atoms with Crippen LogP contribution in [0.15, 0.2) is 36.5 Å². The summed E-state index contributed by atoms with van der Waals surface area (Å²) >= 11 is 0. The number of nitrogens with one attached hydrogen (secondary N) is 1. The molecule has 1 saturated carbocycles. The molecule has 27 heavy (non-hydrogen) atoms. The van der Waals surface area contributed by atoms with Gasteiger partial charge < -0.3 is 10.1 Å². The Balaban J connectivity index is 1.65. The van der Waals surface area contributed by atoms with E-state index in [9.17, 15) is 4.79 Å². The van der Waals surface area contributed by atoms with Crippen LogP contribution >= 0.6 is 0 Å². The zero-order valence-electron chi connectivity index (χ0n) is 15.9. The molecule has 0 saturated heterocycles. The Morgan fingerprint density at radius 2 is 2.07 bits per heavy atom. The summed E-state index contributed by atoms with van der Waals surface area (Å²) in [7, 11) is 3.51. The summed E-state index contributed by atoms with van der Waals surface area (Å²) in [5.41, 5.74) is 3.48. The lowest BCUT2D eigenvalue weighted by Gasteiger charge is -2.18. The van der Waals surface area contributed by atoms with Crippen LogP contribution in [0, 0.1) is 0 Å². The summed E-state index contributed by atoms with van der Waals surface area (Å²) in [6, 6.07) is 9.71. The lowest BCUT2D eigenvalue weighted by Crippen LogP contribution is -2.28. The molecule has 6 nitrogen and oxygen atoms in total. The van der Waals surface area contributed by atoms with Crippen molar-refractivity contribution in [3.05, 3.63) is 53.3 Å². The van der Waals surface area contributed by atoms with Crippen LogP contribution < -0.4 is 10.1 Å². The van der Waals surface area contributed by atoms with Crippen molar-refractivity contribution < 1.29 is 9.53 Å². The minimum atomic E-state index is -0.0834. The van der Waals surface area contributed by atoms with Gasteiger partial charge >= 0.3 is 0 Å². The number of aryl methyl sites for hydroxylation is 1. The van der Waals surface area contributed by atoms with Crippen LogP contribution in [0.4, 0.5) is 0 Å². The van der Waals surface area contributed by atoms with Crippen LogP contribution in [0.3, 0.4) is 0 Å². The van der Waals surface area contributed by atoms with Gasteiger partial charge in [-0.3, -0.25) is 9.48 Å². The van der Waals surface area contributed by atoms with Gasteiger partial charge in [0.1, 0.15) is 5.75 Å². The summed E-state index contributed by atoms with van der Waals surface area (Å²) in [4.78, 5) is 17.9. The van der Waals surface area contributed by atoms with Gasteiger partial charge in [0.25, 0.3) is 5.91 Å². The largest absolute Gasteiger partial charge is 0.497 e. The number of ether oxygens (including phenoxy) is 1. The smallest absolute Gasteiger partial charge is 0.252 e. The normalized spacial score (nSPS) is 14.9. The molecule has 1 atom stereocenters. The van der Waals surface area contributed by atoms with E-state index in [1.54, 1.807) is 18.0 Å². The third kappa shape index (κ3) is 3.39. The highest BCUT2D eigenvalue weighted by Crippen LogP contribution is 2.40. The van der Waals surface area contributed by atoms with E-state index in [2.05, 4.69) is 17.3 Å². The summed E-state index contributed by atoms with van der Waals surface area (Å²) in [5.74, 6) is 1.19. The monoisotopic (exact) mass is 364 g/mol. The van der Waals surface area contributed by atoms with Gasteiger partial charge in [0, 0.05) is 18.7 Å². The minimum absolute atomic E-state index is 0.0623. The quantitative estimate of drug-likeness (QED) is 0.723. The van der Waals surface area contributed by atoms with Crippen molar-refractivity contribution in [3.8, 4) is 5.75 Å². The van der Waals surface area contributed by atoms with E-state index in [0.29, 0.717) is 11.5 Å². The van der Waals surface area contributed by atoms with Crippen molar-refractivity contribution in [3.63, 3.8) is 0 Å². The van der Waals surface area contributed by atoms with E-state index in [1.807, 2.05) is 37.4 Å². The third-order valence-corrected chi connectivity index (χ3v) is 5.20. The fourth-order valence-electron chi connectivity index (χ4n) is 3.40. The summed E-state index contributed by atoms with van der Waals surface area (Å²) in [5, 5.41) is 8.27. The number of pyridine rings is 1. The number of hydrogen-bond acceptors (Lipinski definition) is 4. The molecule has 0 aliphatic heterocycles. The molecule has 6 heteroatoms. The van der Waals surface area contributed by atoms with Crippen LogP contribution in [0.25, 0.3) is 11.0 Å². The van der Waals surface area contributed by atoms with Gasteiger partial charge in [-0.2, -0.15) is 5.10 Å². The molecule has 1 N–H and O–H groups in total. The zero-order valence-corrected chi connectivity index (χ0v) is 15.9. The lowest BCUT2D eigenvalue weighted by molar-refractivity contribution is 0.0937. The van der Waals surface area contributed by atoms with Crippen LogP contribution in [0.5, 0.6) is 5.75 Å². The zero-order chi connectivity index (χ0) is 19.0. The van der Waals surface area contributed by atoms with Crippen LogP contribution in [-0.2, 0) is 7.05 Å². The molecule has 0 unspecified atom stereocenters. The van der Waals surface area contributed by atoms with Crippen LogP contribution in [0.2, 0.25) is 0 Å². The van der Waals surface area contributed by atoms with Crippen LogP contribution in [-0.4, -0.2) is 27.8 Å². The highest BCUT2D eigenvalue weighted by atomic mass is 16.5. The van der Waals surface area contributed by atoms with Crippen molar-refractivity contribution in [2.75, 3.05) is 7.11 Å². The van der Waals surface area contributed by atoms with E-state index in [-0.39, 0.29) is 11.9 Å². The summed E-state index contributed by atoms with van der Waals surface area (Å²) in [6.07, 6.45) is 4.80. The Morgan fingerprint density at radius 3 is 2.70 bits per heavy atom. The first-order valence-electron chi connectivity index (χ1n) is 9.38. The second kappa shape index (κ2) is 7.02. The molecule has 3 aromatic rings. The fourth-order valence-corrected chi connectivity index (χ4v) is 3.40. The van der Waals surface area contributed by atoms with Crippen molar-refractivity contribution in [1.29, 1.82) is 0 Å². The summed E-state index contributed by atoms with van der Waals surface area (Å²) < 4.78 is 6.96. The molecule has 2 heterocycles. The molecule has 1 aliphatic rings. The highest BCUT2D eigenvalue weighted by Gasteiger charge is 2.28. The lowest BCUT2D eigenvalue weighted by atomic mass is 10.0. The molecular weight excluding hydrogens is 340 g/mol.